The van der Waals surface area contributed by atoms with Crippen molar-refractivity contribution in [1.82, 2.24) is 0 Å². The number of rotatable bonds is 4. The molecule has 2 heterocycles. The minimum Gasteiger partial charge on any atom is -0.394 e. The molecular formula is C11H11F9O6. The molecule has 3 N–H and O–H groups in total. The van der Waals surface area contributed by atoms with Gasteiger partial charge in [0, 0.05) is 0 Å². The van der Waals surface area contributed by atoms with Crippen LogP contribution in [-0.4, -0.2) is 82.9 Å². The molecule has 0 bridgehead atoms. The van der Waals surface area contributed by atoms with E-state index in [1.165, 1.54) is 0 Å². The van der Waals surface area contributed by atoms with Gasteiger partial charge in [0.25, 0.3) is 0 Å². The first-order valence-corrected chi connectivity index (χ1v) is 6.73. The second-order valence-electron chi connectivity index (χ2n) is 5.54. The molecule has 1 unspecified atom stereocenters. The van der Waals surface area contributed by atoms with Gasteiger partial charge in [-0.05, 0) is 0 Å². The van der Waals surface area contributed by atoms with Gasteiger partial charge >= 0.3 is 23.9 Å². The van der Waals surface area contributed by atoms with Gasteiger partial charge in [0.2, 0.25) is 6.29 Å². The van der Waals surface area contributed by atoms with E-state index >= 15 is 0 Å². The molecule has 0 aromatic heterocycles. The van der Waals surface area contributed by atoms with E-state index in [9.17, 15) is 49.7 Å². The number of ether oxygens (including phenoxy) is 3. The lowest BCUT2D eigenvalue weighted by Gasteiger charge is -2.36. The number of aliphatic hydroxyl groups excluding tert-OH is 3. The van der Waals surface area contributed by atoms with Crippen LogP contribution in [-0.2, 0) is 14.2 Å². The average Bonchev–Trinajstić information content (AvgIpc) is 2.96. The predicted molar refractivity (Wildman–Crippen MR) is 58.4 cm³/mol. The summed E-state index contributed by atoms with van der Waals surface area (Å²) in [5, 5.41) is 28.0. The zero-order valence-electron chi connectivity index (χ0n) is 12.1. The van der Waals surface area contributed by atoms with E-state index in [1.54, 1.807) is 0 Å². The number of aliphatic hydroxyl groups is 3. The van der Waals surface area contributed by atoms with Crippen LogP contribution in [0.3, 0.4) is 0 Å². The quantitative estimate of drug-likeness (QED) is 0.590. The van der Waals surface area contributed by atoms with Gasteiger partial charge in [0.15, 0.2) is 6.29 Å². The fraction of sp³-hybridized carbons (Fsp3) is 1.00. The number of fused-ring (bicyclic) bond motifs is 1. The highest BCUT2D eigenvalue weighted by Crippen LogP contribution is 2.55. The molecule has 0 aromatic carbocycles. The molecule has 15 heteroatoms. The zero-order valence-corrected chi connectivity index (χ0v) is 12.1. The van der Waals surface area contributed by atoms with Crippen LogP contribution in [0.1, 0.15) is 0 Å². The van der Waals surface area contributed by atoms with Crippen LogP contribution >= 0.6 is 0 Å². The second-order valence-corrected chi connectivity index (χ2v) is 5.54. The lowest BCUT2D eigenvalue weighted by atomic mass is 9.99. The van der Waals surface area contributed by atoms with Gasteiger partial charge in [0.1, 0.15) is 24.4 Å². The van der Waals surface area contributed by atoms with E-state index in [2.05, 4.69) is 14.2 Å². The molecule has 0 aromatic rings. The molecule has 2 aliphatic rings. The second kappa shape index (κ2) is 6.34. The van der Waals surface area contributed by atoms with Gasteiger partial charge in [-0.1, -0.05) is 0 Å². The summed E-state index contributed by atoms with van der Waals surface area (Å²) in [6.45, 7) is -0.992. The van der Waals surface area contributed by atoms with Crippen LogP contribution in [0.5, 0.6) is 0 Å². The third kappa shape index (κ3) is 2.93. The summed E-state index contributed by atoms with van der Waals surface area (Å²) >= 11 is 0. The highest BCUT2D eigenvalue weighted by Gasteiger charge is 2.84. The van der Waals surface area contributed by atoms with E-state index in [-0.39, 0.29) is 0 Å². The molecule has 2 aliphatic heterocycles. The van der Waals surface area contributed by atoms with Crippen molar-refractivity contribution in [2.45, 2.75) is 60.9 Å². The zero-order chi connectivity index (χ0) is 20.3. The largest absolute Gasteiger partial charge is 0.460 e. The molecule has 2 fully saturated rings. The molecular weight excluding hydrogens is 399 g/mol. The Balaban J connectivity index is 2.31. The Morgan fingerprint density at radius 2 is 1.23 bits per heavy atom. The molecule has 154 valence electrons. The number of alkyl halides is 9. The van der Waals surface area contributed by atoms with Gasteiger partial charge in [-0.25, -0.2) is 0 Å². The molecule has 26 heavy (non-hydrogen) atoms. The molecule has 6 atom stereocenters. The summed E-state index contributed by atoms with van der Waals surface area (Å²) in [5.41, 5.74) is 0. The number of hydrogen-bond donors (Lipinski definition) is 3. The molecule has 2 rings (SSSR count). The fourth-order valence-electron chi connectivity index (χ4n) is 2.38. The first kappa shape index (κ1) is 21.4. The van der Waals surface area contributed by atoms with Crippen molar-refractivity contribution in [3.8, 4) is 0 Å². The molecule has 0 spiro atoms. The molecule has 0 radical (unpaired) electrons. The van der Waals surface area contributed by atoms with Gasteiger partial charge in [-0.3, -0.25) is 0 Å². The van der Waals surface area contributed by atoms with Crippen LogP contribution in [0.2, 0.25) is 0 Å². The highest BCUT2D eigenvalue weighted by atomic mass is 19.4. The van der Waals surface area contributed by atoms with Crippen molar-refractivity contribution >= 4 is 0 Å². The molecule has 6 nitrogen and oxygen atoms in total. The summed E-state index contributed by atoms with van der Waals surface area (Å²) in [5.74, 6) is -20.4. The van der Waals surface area contributed by atoms with E-state index in [0.717, 1.165) is 0 Å². The van der Waals surface area contributed by atoms with Crippen molar-refractivity contribution < 1.29 is 69.0 Å². The van der Waals surface area contributed by atoms with Crippen molar-refractivity contribution in [2.24, 2.45) is 0 Å². The summed E-state index contributed by atoms with van der Waals surface area (Å²) in [6, 6.07) is 0. The van der Waals surface area contributed by atoms with Gasteiger partial charge in [0.05, 0.1) is 6.61 Å². The fourth-order valence-corrected chi connectivity index (χ4v) is 2.38. The third-order valence-corrected chi connectivity index (χ3v) is 3.84. The predicted octanol–water partition coefficient (Wildman–Crippen LogP) is 0.635. The maximum atomic E-state index is 13.8. The van der Waals surface area contributed by atoms with Crippen LogP contribution in [0.4, 0.5) is 39.5 Å². The Bertz CT molecular complexity index is 527. The number of halogens is 9. The van der Waals surface area contributed by atoms with Gasteiger partial charge < -0.3 is 29.5 Å². The first-order chi connectivity index (χ1) is 11.6. The summed E-state index contributed by atoms with van der Waals surface area (Å²) in [6.07, 6.45) is -20.8. The summed E-state index contributed by atoms with van der Waals surface area (Å²) < 4.78 is 129. The third-order valence-electron chi connectivity index (χ3n) is 3.84. The maximum Gasteiger partial charge on any atom is 0.460 e. The van der Waals surface area contributed by atoms with Crippen molar-refractivity contribution in [2.75, 3.05) is 6.61 Å². The molecule has 0 amide bonds. The van der Waals surface area contributed by atoms with Crippen molar-refractivity contribution in [3.63, 3.8) is 0 Å². The van der Waals surface area contributed by atoms with Crippen LogP contribution in [0.25, 0.3) is 0 Å². The van der Waals surface area contributed by atoms with E-state index in [0.29, 0.717) is 0 Å². The molecule has 0 aliphatic carbocycles. The maximum absolute atomic E-state index is 13.8. The standard InChI is InChI=1S/C11H11F9O6/c12-8(13,9(14,15)10(16,17)11(18,19)20)7-25-4-3(22)2(1-21)24-6(23)5(4)26-7/h2-7,21-23H,1H2/t2-,3+,4-,5-,6?,7+/m1/s1. The van der Waals surface area contributed by atoms with Gasteiger partial charge in [-0.2, -0.15) is 39.5 Å². The Hall–Kier alpha value is -0.870. The van der Waals surface area contributed by atoms with Crippen LogP contribution in [0.15, 0.2) is 0 Å². The minimum atomic E-state index is -7.15. The summed E-state index contributed by atoms with van der Waals surface area (Å²) in [4.78, 5) is 0. The van der Waals surface area contributed by atoms with E-state index in [4.69, 9.17) is 5.11 Å². The van der Waals surface area contributed by atoms with Gasteiger partial charge in [-0.15, -0.1) is 0 Å². The molecule has 2 saturated heterocycles. The van der Waals surface area contributed by atoms with Crippen LogP contribution < -0.4 is 0 Å². The smallest absolute Gasteiger partial charge is 0.394 e. The SMILES string of the molecule is OC[C@H]1OC(O)[C@@H]2O[C@@H](C(F)(F)C(F)(F)C(F)(F)C(F)(F)F)O[C@@H]2[C@H]1O. The highest BCUT2D eigenvalue weighted by molar-refractivity contribution is 5.05. The lowest BCUT2D eigenvalue weighted by Crippen LogP contribution is -2.64. The first-order valence-electron chi connectivity index (χ1n) is 6.73. The van der Waals surface area contributed by atoms with Crippen LogP contribution in [0, 0.1) is 0 Å². The monoisotopic (exact) mass is 410 g/mol. The van der Waals surface area contributed by atoms with E-state index in [1.807, 2.05) is 0 Å². The molecule has 0 saturated carbocycles. The van der Waals surface area contributed by atoms with Crippen molar-refractivity contribution in [3.05, 3.63) is 0 Å². The Kier molecular flexibility index (Phi) is 5.22. The minimum absolute atomic E-state index is 0.992. The topological polar surface area (TPSA) is 88.4 Å². The Morgan fingerprint density at radius 3 is 1.69 bits per heavy atom. The Labute approximate surface area is 138 Å². The summed E-state index contributed by atoms with van der Waals surface area (Å²) in [7, 11) is 0. The van der Waals surface area contributed by atoms with E-state index < -0.39 is 67.5 Å². The number of hydrogen-bond acceptors (Lipinski definition) is 6. The normalized spacial score (nSPS) is 36.9. The average molecular weight is 410 g/mol. The van der Waals surface area contributed by atoms with Crippen molar-refractivity contribution in [1.29, 1.82) is 0 Å². The Morgan fingerprint density at radius 1 is 0.731 bits per heavy atom. The lowest BCUT2D eigenvalue weighted by molar-refractivity contribution is -0.419.